The molecule has 1 aromatic carbocycles. The summed E-state index contributed by atoms with van der Waals surface area (Å²) in [5, 5.41) is 0. The molecule has 0 unspecified atom stereocenters. The van der Waals surface area contributed by atoms with E-state index in [2.05, 4.69) is 5.48 Å². The van der Waals surface area contributed by atoms with Crippen molar-refractivity contribution in [2.75, 3.05) is 25.2 Å². The molecule has 0 saturated carbocycles. The Bertz CT molecular complexity index is 486. The van der Waals surface area contributed by atoms with Crippen LogP contribution in [-0.2, 0) is 19.5 Å². The van der Waals surface area contributed by atoms with E-state index in [1.54, 1.807) is 0 Å². The summed E-state index contributed by atoms with van der Waals surface area (Å²) in [5.41, 5.74) is 2.16. The number of hydroxylamine groups is 1. The monoisotopic (exact) mass is 287 g/mol. The number of benzene rings is 1. The highest BCUT2D eigenvalue weighted by atomic mass is 32.2. The molecule has 19 heavy (non-hydrogen) atoms. The summed E-state index contributed by atoms with van der Waals surface area (Å²) in [6.45, 7) is 0.468. The third-order valence-electron chi connectivity index (χ3n) is 2.08. The maximum atomic E-state index is 11.2. The van der Waals surface area contributed by atoms with Gasteiger partial charge in [-0.05, 0) is 12.1 Å². The van der Waals surface area contributed by atoms with Gasteiger partial charge in [-0.1, -0.05) is 18.2 Å². The minimum Gasteiger partial charge on any atom is -0.491 e. The quantitative estimate of drug-likeness (QED) is 0.557. The van der Waals surface area contributed by atoms with E-state index in [9.17, 15) is 13.2 Å². The molecule has 6 nitrogen and oxygen atoms in total. The zero-order valence-electron chi connectivity index (χ0n) is 10.7. The van der Waals surface area contributed by atoms with Crippen molar-refractivity contribution < 1.29 is 22.8 Å². The molecule has 0 aromatic heterocycles. The van der Waals surface area contributed by atoms with E-state index in [-0.39, 0.29) is 25.4 Å². The van der Waals surface area contributed by atoms with Crippen LogP contribution in [0.1, 0.15) is 6.42 Å². The minimum absolute atomic E-state index is 0.113. The van der Waals surface area contributed by atoms with E-state index in [0.29, 0.717) is 0 Å². The summed E-state index contributed by atoms with van der Waals surface area (Å²) in [6.07, 6.45) is 0.965. The van der Waals surface area contributed by atoms with Gasteiger partial charge in [-0.15, -0.1) is 0 Å². The molecule has 0 spiro atoms. The van der Waals surface area contributed by atoms with Crippen molar-refractivity contribution in [2.24, 2.45) is 0 Å². The number of hydrogen-bond acceptors (Lipinski definition) is 5. The third-order valence-corrected chi connectivity index (χ3v) is 3.03. The first kappa shape index (κ1) is 15.5. The molecular weight excluding hydrogens is 270 g/mol. The predicted molar refractivity (Wildman–Crippen MR) is 70.4 cm³/mol. The molecule has 106 valence electrons. The first-order valence-electron chi connectivity index (χ1n) is 5.73. The summed E-state index contributed by atoms with van der Waals surface area (Å²) in [5.74, 6) is 0.0579. The molecule has 7 heteroatoms. The lowest BCUT2D eigenvalue weighted by Gasteiger charge is -2.07. The third kappa shape index (κ3) is 8.17. The molecule has 0 aliphatic rings. The van der Waals surface area contributed by atoms with Crippen LogP contribution in [0.3, 0.4) is 0 Å². The van der Waals surface area contributed by atoms with Gasteiger partial charge in [0.25, 0.3) is 0 Å². The zero-order valence-corrected chi connectivity index (χ0v) is 11.5. The second kappa shape index (κ2) is 7.75. The number of carbonyl (C=O) groups excluding carboxylic acids is 1. The van der Waals surface area contributed by atoms with Gasteiger partial charge in [-0.2, -0.15) is 0 Å². The molecule has 1 rings (SSSR count). The van der Waals surface area contributed by atoms with Crippen molar-refractivity contribution in [1.82, 2.24) is 5.48 Å². The van der Waals surface area contributed by atoms with Gasteiger partial charge in [0.1, 0.15) is 28.8 Å². The fraction of sp³-hybridized carbons (Fsp3) is 0.417. The average Bonchev–Trinajstić information content (AvgIpc) is 2.36. The SMILES string of the molecule is CS(=O)(=O)CCC(=O)NOCCOc1ccccc1. The maximum absolute atomic E-state index is 11.2. The van der Waals surface area contributed by atoms with Gasteiger partial charge < -0.3 is 4.74 Å². The number of nitrogens with one attached hydrogen (secondary N) is 1. The first-order chi connectivity index (χ1) is 8.97. The van der Waals surface area contributed by atoms with Crippen LogP contribution in [0.4, 0.5) is 0 Å². The lowest BCUT2D eigenvalue weighted by atomic mass is 10.3. The highest BCUT2D eigenvalue weighted by Gasteiger charge is 2.07. The zero-order chi connectivity index (χ0) is 14.1. The number of para-hydroxylation sites is 1. The molecule has 1 aromatic rings. The topological polar surface area (TPSA) is 81.7 Å². The second-order valence-corrected chi connectivity index (χ2v) is 6.17. The van der Waals surface area contributed by atoms with Gasteiger partial charge in [0.05, 0.1) is 5.75 Å². The van der Waals surface area contributed by atoms with Crippen LogP contribution in [0.25, 0.3) is 0 Å². The normalized spacial score (nSPS) is 11.0. The van der Waals surface area contributed by atoms with Gasteiger partial charge >= 0.3 is 0 Å². The summed E-state index contributed by atoms with van der Waals surface area (Å²) in [7, 11) is -3.13. The number of ether oxygens (including phenoxy) is 1. The molecular formula is C12H17NO5S. The van der Waals surface area contributed by atoms with E-state index in [1.807, 2.05) is 30.3 Å². The maximum Gasteiger partial charge on any atom is 0.244 e. The fourth-order valence-electron chi connectivity index (χ4n) is 1.18. The molecule has 0 heterocycles. The van der Waals surface area contributed by atoms with Gasteiger partial charge in [0.2, 0.25) is 5.91 Å². The van der Waals surface area contributed by atoms with Crippen LogP contribution in [-0.4, -0.2) is 39.5 Å². The van der Waals surface area contributed by atoms with Crippen LogP contribution in [0.15, 0.2) is 30.3 Å². The van der Waals surface area contributed by atoms with Crippen LogP contribution in [0.5, 0.6) is 5.75 Å². The van der Waals surface area contributed by atoms with Crippen LogP contribution in [0, 0.1) is 0 Å². The Morgan fingerprint density at radius 3 is 2.53 bits per heavy atom. The van der Waals surface area contributed by atoms with E-state index in [1.165, 1.54) is 0 Å². The van der Waals surface area contributed by atoms with Crippen molar-refractivity contribution in [2.45, 2.75) is 6.42 Å². The second-order valence-electron chi connectivity index (χ2n) is 3.92. The Morgan fingerprint density at radius 2 is 1.89 bits per heavy atom. The number of amides is 1. The van der Waals surface area contributed by atoms with Crippen molar-refractivity contribution in [3.8, 4) is 5.75 Å². The van der Waals surface area contributed by atoms with Crippen molar-refractivity contribution in [3.05, 3.63) is 30.3 Å². The molecule has 0 atom stereocenters. The standard InChI is InChI=1S/C12H17NO5S/c1-19(15,16)10-7-12(14)13-18-9-8-17-11-5-3-2-4-6-11/h2-6H,7-10H2,1H3,(H,13,14). The smallest absolute Gasteiger partial charge is 0.244 e. The van der Waals surface area contributed by atoms with Gasteiger partial charge in [0, 0.05) is 12.7 Å². The Kier molecular flexibility index (Phi) is 6.31. The average molecular weight is 287 g/mol. The minimum atomic E-state index is -3.13. The molecule has 0 radical (unpaired) electrons. The van der Waals surface area contributed by atoms with Crippen molar-refractivity contribution >= 4 is 15.7 Å². The number of sulfone groups is 1. The van der Waals surface area contributed by atoms with Crippen LogP contribution >= 0.6 is 0 Å². The fourth-order valence-corrected chi connectivity index (χ4v) is 1.73. The highest BCUT2D eigenvalue weighted by Crippen LogP contribution is 2.07. The number of hydrogen-bond donors (Lipinski definition) is 1. The molecule has 0 bridgehead atoms. The van der Waals surface area contributed by atoms with Crippen LogP contribution in [0.2, 0.25) is 0 Å². The van der Waals surface area contributed by atoms with Crippen LogP contribution < -0.4 is 10.2 Å². The number of carbonyl (C=O) groups is 1. The largest absolute Gasteiger partial charge is 0.491 e. The van der Waals surface area contributed by atoms with Gasteiger partial charge in [-0.25, -0.2) is 13.9 Å². The Labute approximate surface area is 112 Å². The number of rotatable bonds is 8. The Hall–Kier alpha value is -1.60. The van der Waals surface area contributed by atoms with Crippen molar-refractivity contribution in [1.29, 1.82) is 0 Å². The Balaban J connectivity index is 2.06. The summed E-state index contributed by atoms with van der Waals surface area (Å²) in [6, 6.07) is 9.20. The summed E-state index contributed by atoms with van der Waals surface area (Å²) < 4.78 is 27.0. The van der Waals surface area contributed by atoms with E-state index in [4.69, 9.17) is 9.57 Å². The van der Waals surface area contributed by atoms with E-state index in [0.717, 1.165) is 12.0 Å². The highest BCUT2D eigenvalue weighted by molar-refractivity contribution is 7.90. The molecule has 0 aliphatic carbocycles. The molecule has 1 amide bonds. The van der Waals surface area contributed by atoms with Gasteiger partial charge in [0.15, 0.2) is 0 Å². The molecule has 0 fully saturated rings. The Morgan fingerprint density at radius 1 is 1.21 bits per heavy atom. The van der Waals surface area contributed by atoms with E-state index < -0.39 is 15.7 Å². The lowest BCUT2D eigenvalue weighted by Crippen LogP contribution is -2.27. The lowest BCUT2D eigenvalue weighted by molar-refractivity contribution is -0.133. The summed E-state index contributed by atoms with van der Waals surface area (Å²) >= 11 is 0. The predicted octanol–water partition coefficient (Wildman–Crippen LogP) is 0.548. The summed E-state index contributed by atoms with van der Waals surface area (Å²) in [4.78, 5) is 16.0. The first-order valence-corrected chi connectivity index (χ1v) is 7.79. The van der Waals surface area contributed by atoms with Crippen molar-refractivity contribution in [3.63, 3.8) is 0 Å². The van der Waals surface area contributed by atoms with Gasteiger partial charge in [-0.3, -0.25) is 9.63 Å². The molecule has 0 saturated heterocycles. The molecule has 1 N–H and O–H groups in total. The van der Waals surface area contributed by atoms with E-state index >= 15 is 0 Å². The molecule has 0 aliphatic heterocycles.